The first-order valence-electron chi connectivity index (χ1n) is 6.30. The molecule has 0 radical (unpaired) electrons. The van der Waals surface area contributed by atoms with Crippen LogP contribution in [-0.2, 0) is 0 Å². The summed E-state index contributed by atoms with van der Waals surface area (Å²) in [5, 5.41) is 3.75. The standard InChI is InChI=1S/C13H27N/c1-6-13(14-7-2)9-11(4)10(3)8-12(13)5/h10-12,14H,6-9H2,1-5H3. The van der Waals surface area contributed by atoms with Crippen LogP contribution >= 0.6 is 0 Å². The summed E-state index contributed by atoms with van der Waals surface area (Å²) in [5.74, 6) is 2.62. The maximum Gasteiger partial charge on any atom is 0.0207 e. The van der Waals surface area contributed by atoms with Gasteiger partial charge in [-0.3, -0.25) is 0 Å². The summed E-state index contributed by atoms with van der Waals surface area (Å²) in [6.07, 6.45) is 4.03. The second-order valence-corrected chi connectivity index (χ2v) is 5.34. The van der Waals surface area contributed by atoms with Crippen molar-refractivity contribution in [2.24, 2.45) is 17.8 Å². The van der Waals surface area contributed by atoms with Crippen molar-refractivity contribution in [1.29, 1.82) is 0 Å². The highest BCUT2D eigenvalue weighted by Gasteiger charge is 2.40. The molecule has 0 amide bonds. The van der Waals surface area contributed by atoms with Crippen LogP contribution < -0.4 is 5.32 Å². The summed E-state index contributed by atoms with van der Waals surface area (Å²) in [6, 6.07) is 0. The van der Waals surface area contributed by atoms with Crippen LogP contribution in [0.15, 0.2) is 0 Å². The summed E-state index contributed by atoms with van der Waals surface area (Å²) in [4.78, 5) is 0. The van der Waals surface area contributed by atoms with Crippen LogP contribution in [0.2, 0.25) is 0 Å². The quantitative estimate of drug-likeness (QED) is 0.731. The molecule has 1 aliphatic rings. The van der Waals surface area contributed by atoms with E-state index >= 15 is 0 Å². The SMILES string of the molecule is CCNC1(CC)CC(C)C(C)CC1C. The molecule has 1 heteroatoms. The minimum Gasteiger partial charge on any atom is -0.311 e. The van der Waals surface area contributed by atoms with Crippen molar-refractivity contribution in [2.75, 3.05) is 6.54 Å². The maximum atomic E-state index is 3.75. The van der Waals surface area contributed by atoms with Gasteiger partial charge in [0.1, 0.15) is 0 Å². The Kier molecular flexibility index (Phi) is 4.00. The fourth-order valence-electron chi connectivity index (χ4n) is 3.21. The van der Waals surface area contributed by atoms with Gasteiger partial charge in [0.05, 0.1) is 0 Å². The van der Waals surface area contributed by atoms with Gasteiger partial charge in [-0.05, 0) is 43.6 Å². The van der Waals surface area contributed by atoms with Gasteiger partial charge in [0, 0.05) is 5.54 Å². The van der Waals surface area contributed by atoms with Crippen LogP contribution in [-0.4, -0.2) is 12.1 Å². The van der Waals surface area contributed by atoms with Gasteiger partial charge in [0.15, 0.2) is 0 Å². The van der Waals surface area contributed by atoms with Crippen molar-refractivity contribution in [2.45, 2.75) is 59.4 Å². The lowest BCUT2D eigenvalue weighted by Crippen LogP contribution is -2.54. The minimum atomic E-state index is 0.431. The molecule has 0 aliphatic heterocycles. The predicted octanol–water partition coefficient (Wildman–Crippen LogP) is 3.45. The van der Waals surface area contributed by atoms with Gasteiger partial charge in [-0.1, -0.05) is 34.6 Å². The lowest BCUT2D eigenvalue weighted by molar-refractivity contribution is 0.0783. The Morgan fingerprint density at radius 1 is 1.14 bits per heavy atom. The molecule has 0 aromatic heterocycles. The third-order valence-corrected chi connectivity index (χ3v) is 4.49. The van der Waals surface area contributed by atoms with Crippen LogP contribution in [0.3, 0.4) is 0 Å². The van der Waals surface area contributed by atoms with Crippen molar-refractivity contribution in [3.63, 3.8) is 0 Å². The summed E-state index contributed by atoms with van der Waals surface area (Å²) in [5.41, 5.74) is 0.431. The molecule has 0 spiro atoms. The van der Waals surface area contributed by atoms with Crippen LogP contribution in [0.1, 0.15) is 53.9 Å². The average molecular weight is 197 g/mol. The first-order chi connectivity index (χ1) is 6.55. The van der Waals surface area contributed by atoms with E-state index in [1.165, 1.54) is 19.3 Å². The third-order valence-electron chi connectivity index (χ3n) is 4.49. The minimum absolute atomic E-state index is 0.431. The smallest absolute Gasteiger partial charge is 0.0207 e. The lowest BCUT2D eigenvalue weighted by Gasteiger charge is -2.48. The van der Waals surface area contributed by atoms with Gasteiger partial charge in [-0.15, -0.1) is 0 Å². The highest BCUT2D eigenvalue weighted by Crippen LogP contribution is 2.41. The van der Waals surface area contributed by atoms with Gasteiger partial charge in [-0.2, -0.15) is 0 Å². The molecule has 0 aromatic rings. The molecule has 1 nitrogen and oxygen atoms in total. The molecule has 1 aliphatic carbocycles. The molecule has 1 saturated carbocycles. The zero-order valence-corrected chi connectivity index (χ0v) is 10.6. The van der Waals surface area contributed by atoms with E-state index in [0.29, 0.717) is 5.54 Å². The largest absolute Gasteiger partial charge is 0.311 e. The van der Waals surface area contributed by atoms with E-state index in [-0.39, 0.29) is 0 Å². The van der Waals surface area contributed by atoms with E-state index in [2.05, 4.69) is 39.9 Å². The number of rotatable bonds is 3. The Balaban J connectivity index is 2.74. The lowest BCUT2D eigenvalue weighted by atomic mass is 9.64. The molecule has 1 rings (SSSR count). The second-order valence-electron chi connectivity index (χ2n) is 5.34. The van der Waals surface area contributed by atoms with Crippen LogP contribution in [0.5, 0.6) is 0 Å². The number of hydrogen-bond acceptors (Lipinski definition) is 1. The highest BCUT2D eigenvalue weighted by atomic mass is 15.0. The van der Waals surface area contributed by atoms with Crippen molar-refractivity contribution >= 4 is 0 Å². The van der Waals surface area contributed by atoms with Crippen molar-refractivity contribution < 1.29 is 0 Å². The van der Waals surface area contributed by atoms with Crippen molar-refractivity contribution in [3.8, 4) is 0 Å². The molecule has 4 unspecified atom stereocenters. The zero-order chi connectivity index (χ0) is 10.8. The third kappa shape index (κ3) is 2.13. The number of nitrogens with one attached hydrogen (secondary N) is 1. The summed E-state index contributed by atoms with van der Waals surface area (Å²) >= 11 is 0. The first-order valence-corrected chi connectivity index (χ1v) is 6.30. The van der Waals surface area contributed by atoms with E-state index < -0.39 is 0 Å². The molecule has 1 N–H and O–H groups in total. The Morgan fingerprint density at radius 3 is 2.29 bits per heavy atom. The highest BCUT2D eigenvalue weighted by molar-refractivity contribution is 4.97. The van der Waals surface area contributed by atoms with E-state index in [0.717, 1.165) is 24.3 Å². The van der Waals surface area contributed by atoms with Crippen molar-refractivity contribution in [1.82, 2.24) is 5.32 Å². The molecule has 14 heavy (non-hydrogen) atoms. The van der Waals surface area contributed by atoms with Gasteiger partial charge in [0.25, 0.3) is 0 Å². The first kappa shape index (κ1) is 12.0. The second kappa shape index (κ2) is 4.65. The van der Waals surface area contributed by atoms with Gasteiger partial charge in [0.2, 0.25) is 0 Å². The van der Waals surface area contributed by atoms with E-state index in [1.54, 1.807) is 0 Å². The summed E-state index contributed by atoms with van der Waals surface area (Å²) in [6.45, 7) is 12.9. The maximum absolute atomic E-state index is 3.75. The zero-order valence-electron chi connectivity index (χ0n) is 10.6. The Labute approximate surface area is 89.7 Å². The normalized spacial score (nSPS) is 43.9. The molecule has 0 saturated heterocycles. The molecule has 4 atom stereocenters. The molecular formula is C13H27N. The molecule has 1 fully saturated rings. The number of hydrogen-bond donors (Lipinski definition) is 1. The van der Waals surface area contributed by atoms with Crippen molar-refractivity contribution in [3.05, 3.63) is 0 Å². The molecular weight excluding hydrogens is 170 g/mol. The fourth-order valence-corrected chi connectivity index (χ4v) is 3.21. The summed E-state index contributed by atoms with van der Waals surface area (Å²) < 4.78 is 0. The van der Waals surface area contributed by atoms with Gasteiger partial charge in [-0.25, -0.2) is 0 Å². The Bertz CT molecular complexity index is 178. The average Bonchev–Trinajstić information content (AvgIpc) is 2.14. The van der Waals surface area contributed by atoms with Crippen LogP contribution in [0.4, 0.5) is 0 Å². The Hall–Kier alpha value is -0.0400. The van der Waals surface area contributed by atoms with E-state index in [1.807, 2.05) is 0 Å². The monoisotopic (exact) mass is 197 g/mol. The van der Waals surface area contributed by atoms with E-state index in [4.69, 9.17) is 0 Å². The topological polar surface area (TPSA) is 12.0 Å². The predicted molar refractivity (Wildman–Crippen MR) is 63.4 cm³/mol. The summed E-state index contributed by atoms with van der Waals surface area (Å²) in [7, 11) is 0. The van der Waals surface area contributed by atoms with Gasteiger partial charge < -0.3 is 5.32 Å². The van der Waals surface area contributed by atoms with Crippen LogP contribution in [0.25, 0.3) is 0 Å². The Morgan fingerprint density at radius 2 is 1.79 bits per heavy atom. The fraction of sp³-hybridized carbons (Fsp3) is 1.00. The molecule has 0 bridgehead atoms. The van der Waals surface area contributed by atoms with E-state index in [9.17, 15) is 0 Å². The van der Waals surface area contributed by atoms with Crippen LogP contribution in [0, 0.1) is 17.8 Å². The molecule has 84 valence electrons. The molecule has 0 aromatic carbocycles. The van der Waals surface area contributed by atoms with Gasteiger partial charge >= 0.3 is 0 Å². The molecule has 0 heterocycles.